The molecule has 0 radical (unpaired) electrons. The fourth-order valence-corrected chi connectivity index (χ4v) is 2.51. The maximum Gasteiger partial charge on any atom is 0.127 e. The van der Waals surface area contributed by atoms with Crippen molar-refractivity contribution in [2.24, 2.45) is 11.8 Å². The summed E-state index contributed by atoms with van der Waals surface area (Å²) in [5.41, 5.74) is 0.655. The van der Waals surface area contributed by atoms with Crippen LogP contribution in [0.3, 0.4) is 0 Å². The first-order chi connectivity index (χ1) is 8.54. The predicted octanol–water partition coefficient (Wildman–Crippen LogP) is 4.29. The minimum Gasteiger partial charge on any atom is -0.317 e. The normalized spacial score (nSPS) is 13.0. The van der Waals surface area contributed by atoms with Gasteiger partial charge in [0.25, 0.3) is 0 Å². The number of halogens is 2. The van der Waals surface area contributed by atoms with Gasteiger partial charge in [-0.3, -0.25) is 0 Å². The van der Waals surface area contributed by atoms with Crippen molar-refractivity contribution in [2.45, 2.75) is 33.6 Å². The first kappa shape index (κ1) is 15.5. The Hall–Kier alpha value is -0.600. The van der Waals surface area contributed by atoms with Crippen LogP contribution in [0.25, 0.3) is 0 Å². The van der Waals surface area contributed by atoms with Gasteiger partial charge in [0.05, 0.1) is 0 Å². The van der Waals surface area contributed by atoms with Crippen LogP contribution in [0.5, 0.6) is 0 Å². The van der Waals surface area contributed by atoms with Crippen LogP contribution in [0.2, 0.25) is 5.02 Å². The molecule has 1 nitrogen and oxygen atoms in total. The molecule has 1 aromatic rings. The standard InChI is InChI=1S/C15H23ClFN/c1-4-18-10-12(8-11(2)3)9-13-14(16)6-5-7-15(13)17/h5-7,11-12,18H,4,8-10H2,1-3H3. The largest absolute Gasteiger partial charge is 0.317 e. The quantitative estimate of drug-likeness (QED) is 0.780. The first-order valence-electron chi connectivity index (χ1n) is 6.68. The number of hydrogen-bond acceptors (Lipinski definition) is 1. The summed E-state index contributed by atoms with van der Waals surface area (Å²) in [4.78, 5) is 0. The van der Waals surface area contributed by atoms with E-state index in [1.54, 1.807) is 12.1 Å². The van der Waals surface area contributed by atoms with Crippen molar-refractivity contribution in [2.75, 3.05) is 13.1 Å². The SMILES string of the molecule is CCNCC(Cc1c(F)cccc1Cl)CC(C)C. The lowest BCUT2D eigenvalue weighted by atomic mass is 9.90. The number of rotatable bonds is 7. The third kappa shape index (κ3) is 4.95. The zero-order valence-electron chi connectivity index (χ0n) is 11.5. The van der Waals surface area contributed by atoms with E-state index in [0.29, 0.717) is 28.8 Å². The van der Waals surface area contributed by atoms with Gasteiger partial charge in [0.15, 0.2) is 0 Å². The van der Waals surface area contributed by atoms with Crippen LogP contribution in [0, 0.1) is 17.7 Å². The van der Waals surface area contributed by atoms with Crippen LogP contribution in [0.4, 0.5) is 4.39 Å². The van der Waals surface area contributed by atoms with Crippen molar-refractivity contribution in [3.63, 3.8) is 0 Å². The van der Waals surface area contributed by atoms with Crippen LogP contribution < -0.4 is 5.32 Å². The summed E-state index contributed by atoms with van der Waals surface area (Å²) in [6.07, 6.45) is 1.79. The maximum atomic E-state index is 13.8. The van der Waals surface area contributed by atoms with Gasteiger partial charge in [-0.25, -0.2) is 4.39 Å². The molecule has 0 amide bonds. The summed E-state index contributed by atoms with van der Waals surface area (Å²) in [6.45, 7) is 8.34. The number of hydrogen-bond donors (Lipinski definition) is 1. The van der Waals surface area contributed by atoms with Gasteiger partial charge < -0.3 is 5.32 Å². The fourth-order valence-electron chi connectivity index (χ4n) is 2.27. The summed E-state index contributed by atoms with van der Waals surface area (Å²) < 4.78 is 13.8. The zero-order chi connectivity index (χ0) is 13.5. The summed E-state index contributed by atoms with van der Waals surface area (Å²) in [5, 5.41) is 3.89. The van der Waals surface area contributed by atoms with Crippen molar-refractivity contribution >= 4 is 11.6 Å². The van der Waals surface area contributed by atoms with Crippen LogP contribution in [0.15, 0.2) is 18.2 Å². The molecule has 1 atom stereocenters. The van der Waals surface area contributed by atoms with Gasteiger partial charge in [0.1, 0.15) is 5.82 Å². The maximum absolute atomic E-state index is 13.8. The summed E-state index contributed by atoms with van der Waals surface area (Å²) >= 11 is 6.08. The van der Waals surface area contributed by atoms with E-state index in [1.165, 1.54) is 6.07 Å². The monoisotopic (exact) mass is 271 g/mol. The van der Waals surface area contributed by atoms with E-state index in [0.717, 1.165) is 19.5 Å². The molecule has 0 saturated heterocycles. The molecule has 1 aromatic carbocycles. The van der Waals surface area contributed by atoms with Gasteiger partial charge in [0, 0.05) is 10.6 Å². The van der Waals surface area contributed by atoms with Crippen molar-refractivity contribution in [3.8, 4) is 0 Å². The second kappa shape index (κ2) is 7.75. The fraction of sp³-hybridized carbons (Fsp3) is 0.600. The summed E-state index contributed by atoms with van der Waals surface area (Å²) in [5.74, 6) is 0.853. The molecule has 102 valence electrons. The molecular weight excluding hydrogens is 249 g/mol. The van der Waals surface area contributed by atoms with E-state index >= 15 is 0 Å². The lowest BCUT2D eigenvalue weighted by molar-refractivity contribution is 0.384. The zero-order valence-corrected chi connectivity index (χ0v) is 12.2. The number of nitrogens with one attached hydrogen (secondary N) is 1. The van der Waals surface area contributed by atoms with Gasteiger partial charge in [-0.05, 0) is 49.9 Å². The Kier molecular flexibility index (Phi) is 6.66. The van der Waals surface area contributed by atoms with Crippen LogP contribution in [-0.2, 0) is 6.42 Å². The third-order valence-corrected chi connectivity index (χ3v) is 3.40. The Morgan fingerprint density at radius 1 is 1.33 bits per heavy atom. The molecule has 0 aliphatic carbocycles. The molecule has 0 bridgehead atoms. The van der Waals surface area contributed by atoms with Crippen molar-refractivity contribution in [1.82, 2.24) is 5.32 Å². The van der Waals surface area contributed by atoms with E-state index in [-0.39, 0.29) is 5.82 Å². The summed E-state index contributed by atoms with van der Waals surface area (Å²) in [6, 6.07) is 4.91. The van der Waals surface area contributed by atoms with Crippen LogP contribution >= 0.6 is 11.6 Å². The molecule has 0 saturated carbocycles. The Morgan fingerprint density at radius 2 is 2.06 bits per heavy atom. The molecule has 0 spiro atoms. The first-order valence-corrected chi connectivity index (χ1v) is 7.06. The van der Waals surface area contributed by atoms with Crippen LogP contribution in [0.1, 0.15) is 32.8 Å². The molecule has 0 aliphatic rings. The molecule has 1 unspecified atom stereocenters. The van der Waals surface area contributed by atoms with E-state index < -0.39 is 0 Å². The van der Waals surface area contributed by atoms with Gasteiger partial charge in [-0.15, -0.1) is 0 Å². The van der Waals surface area contributed by atoms with Gasteiger partial charge >= 0.3 is 0 Å². The van der Waals surface area contributed by atoms with Gasteiger partial charge in [-0.1, -0.05) is 38.4 Å². The molecule has 0 aliphatic heterocycles. The molecule has 0 aromatic heterocycles. The van der Waals surface area contributed by atoms with Crippen molar-refractivity contribution in [3.05, 3.63) is 34.6 Å². The highest BCUT2D eigenvalue weighted by Crippen LogP contribution is 2.24. The lowest BCUT2D eigenvalue weighted by Crippen LogP contribution is -2.25. The smallest absolute Gasteiger partial charge is 0.127 e. The number of benzene rings is 1. The molecular formula is C15H23ClFN. The second-order valence-electron chi connectivity index (χ2n) is 5.21. The third-order valence-electron chi connectivity index (χ3n) is 3.04. The Labute approximate surface area is 115 Å². The van der Waals surface area contributed by atoms with E-state index in [2.05, 4.69) is 26.1 Å². The molecule has 0 fully saturated rings. The Morgan fingerprint density at radius 3 is 2.61 bits per heavy atom. The molecule has 3 heteroatoms. The highest BCUT2D eigenvalue weighted by atomic mass is 35.5. The Balaban J connectivity index is 2.75. The minimum atomic E-state index is -0.187. The molecule has 0 heterocycles. The highest BCUT2D eigenvalue weighted by Gasteiger charge is 2.16. The Bertz CT molecular complexity index is 345. The molecule has 18 heavy (non-hydrogen) atoms. The van der Waals surface area contributed by atoms with E-state index in [4.69, 9.17) is 11.6 Å². The average Bonchev–Trinajstić information content (AvgIpc) is 2.30. The molecule has 1 N–H and O–H groups in total. The van der Waals surface area contributed by atoms with Gasteiger partial charge in [-0.2, -0.15) is 0 Å². The average molecular weight is 272 g/mol. The van der Waals surface area contributed by atoms with Gasteiger partial charge in [0.2, 0.25) is 0 Å². The van der Waals surface area contributed by atoms with E-state index in [9.17, 15) is 4.39 Å². The minimum absolute atomic E-state index is 0.187. The van der Waals surface area contributed by atoms with Crippen molar-refractivity contribution in [1.29, 1.82) is 0 Å². The molecule has 1 rings (SSSR count). The predicted molar refractivity (Wildman–Crippen MR) is 76.6 cm³/mol. The topological polar surface area (TPSA) is 12.0 Å². The van der Waals surface area contributed by atoms with Crippen molar-refractivity contribution < 1.29 is 4.39 Å². The highest BCUT2D eigenvalue weighted by molar-refractivity contribution is 6.31. The van der Waals surface area contributed by atoms with Crippen LogP contribution in [-0.4, -0.2) is 13.1 Å². The lowest BCUT2D eigenvalue weighted by Gasteiger charge is -2.20. The summed E-state index contributed by atoms with van der Waals surface area (Å²) in [7, 11) is 0. The van der Waals surface area contributed by atoms with E-state index in [1.807, 2.05) is 0 Å². The second-order valence-corrected chi connectivity index (χ2v) is 5.61.